The molecule has 82 valence electrons. The number of halogens is 1. The lowest BCUT2D eigenvalue weighted by molar-refractivity contribution is 0.415. The fraction of sp³-hybridized carbons (Fsp3) is 0.143. The molecule has 0 saturated heterocycles. The van der Waals surface area contributed by atoms with E-state index in [9.17, 15) is 0 Å². The van der Waals surface area contributed by atoms with Crippen LogP contribution in [0.15, 0.2) is 46.9 Å². The Hall–Kier alpha value is -1.28. The van der Waals surface area contributed by atoms with E-state index in [1.54, 1.807) is 7.11 Å². The molecule has 2 aromatic carbocycles. The second-order valence-corrected chi connectivity index (χ2v) is 4.50. The molecule has 0 bridgehead atoms. The van der Waals surface area contributed by atoms with E-state index < -0.39 is 0 Å². The van der Waals surface area contributed by atoms with Gasteiger partial charge in [0.1, 0.15) is 5.75 Å². The molecule has 2 aromatic rings. The van der Waals surface area contributed by atoms with Crippen molar-refractivity contribution >= 4 is 15.9 Å². The van der Waals surface area contributed by atoms with E-state index in [1.807, 2.05) is 12.1 Å². The van der Waals surface area contributed by atoms with Crippen LogP contribution < -0.4 is 4.74 Å². The van der Waals surface area contributed by atoms with E-state index in [0.717, 1.165) is 10.2 Å². The van der Waals surface area contributed by atoms with Crippen molar-refractivity contribution in [3.05, 3.63) is 52.5 Å². The Morgan fingerprint density at radius 2 is 1.69 bits per heavy atom. The lowest BCUT2D eigenvalue weighted by Gasteiger charge is -2.08. The summed E-state index contributed by atoms with van der Waals surface area (Å²) in [6.45, 7) is 2.11. The molecule has 0 fully saturated rings. The molecule has 0 atom stereocenters. The van der Waals surface area contributed by atoms with Gasteiger partial charge in [-0.2, -0.15) is 0 Å². The molecule has 0 spiro atoms. The van der Waals surface area contributed by atoms with Gasteiger partial charge in [-0.1, -0.05) is 40.2 Å². The zero-order chi connectivity index (χ0) is 11.5. The van der Waals surface area contributed by atoms with E-state index in [4.69, 9.17) is 4.74 Å². The maximum Gasteiger partial charge on any atom is 0.118 e. The van der Waals surface area contributed by atoms with Crippen LogP contribution in [0.25, 0.3) is 11.1 Å². The SMILES string of the molecule is COc1ccc(-c2cccc(Br)c2C)cc1. The van der Waals surface area contributed by atoms with E-state index in [1.165, 1.54) is 16.7 Å². The molecule has 16 heavy (non-hydrogen) atoms. The third kappa shape index (κ3) is 2.12. The van der Waals surface area contributed by atoms with Crippen molar-refractivity contribution in [1.29, 1.82) is 0 Å². The highest BCUT2D eigenvalue weighted by molar-refractivity contribution is 9.10. The average molecular weight is 277 g/mol. The molecule has 0 saturated carbocycles. The van der Waals surface area contributed by atoms with Crippen molar-refractivity contribution in [2.45, 2.75) is 6.92 Å². The first-order valence-electron chi connectivity index (χ1n) is 5.12. The van der Waals surface area contributed by atoms with Gasteiger partial charge in [-0.05, 0) is 41.8 Å². The van der Waals surface area contributed by atoms with Gasteiger partial charge in [-0.3, -0.25) is 0 Å². The molecule has 0 N–H and O–H groups in total. The second kappa shape index (κ2) is 4.71. The Bertz CT molecular complexity index is 489. The second-order valence-electron chi connectivity index (χ2n) is 3.64. The molecule has 2 heteroatoms. The fourth-order valence-electron chi connectivity index (χ4n) is 1.69. The highest BCUT2D eigenvalue weighted by atomic mass is 79.9. The van der Waals surface area contributed by atoms with E-state index in [2.05, 4.69) is 53.2 Å². The smallest absolute Gasteiger partial charge is 0.118 e. The van der Waals surface area contributed by atoms with Crippen LogP contribution >= 0.6 is 15.9 Å². The Labute approximate surface area is 104 Å². The van der Waals surface area contributed by atoms with Crippen LogP contribution in [0.3, 0.4) is 0 Å². The van der Waals surface area contributed by atoms with Gasteiger partial charge in [0.05, 0.1) is 7.11 Å². The van der Waals surface area contributed by atoms with Crippen molar-refractivity contribution in [3.63, 3.8) is 0 Å². The largest absolute Gasteiger partial charge is 0.497 e. The van der Waals surface area contributed by atoms with E-state index in [0.29, 0.717) is 0 Å². The van der Waals surface area contributed by atoms with Gasteiger partial charge in [0, 0.05) is 4.47 Å². The van der Waals surface area contributed by atoms with E-state index >= 15 is 0 Å². The Morgan fingerprint density at radius 1 is 1.00 bits per heavy atom. The Balaban J connectivity index is 2.46. The lowest BCUT2D eigenvalue weighted by atomic mass is 10.0. The summed E-state index contributed by atoms with van der Waals surface area (Å²) in [6, 6.07) is 14.4. The summed E-state index contributed by atoms with van der Waals surface area (Å²) < 4.78 is 6.29. The molecule has 0 aliphatic heterocycles. The van der Waals surface area contributed by atoms with Crippen LogP contribution in [0.1, 0.15) is 5.56 Å². The Kier molecular flexibility index (Phi) is 3.30. The quantitative estimate of drug-likeness (QED) is 0.788. The standard InChI is InChI=1S/C14H13BrO/c1-10-13(4-3-5-14(10)15)11-6-8-12(16-2)9-7-11/h3-9H,1-2H3. The normalized spacial score (nSPS) is 10.2. The number of hydrogen-bond donors (Lipinski definition) is 0. The summed E-state index contributed by atoms with van der Waals surface area (Å²) in [7, 11) is 1.68. The highest BCUT2D eigenvalue weighted by Gasteiger charge is 2.04. The van der Waals surface area contributed by atoms with Crippen molar-refractivity contribution in [2.24, 2.45) is 0 Å². The maximum absolute atomic E-state index is 5.15. The van der Waals surface area contributed by atoms with Gasteiger partial charge in [-0.25, -0.2) is 0 Å². The third-order valence-corrected chi connectivity index (χ3v) is 3.53. The van der Waals surface area contributed by atoms with Crippen LogP contribution in [-0.2, 0) is 0 Å². The van der Waals surface area contributed by atoms with Crippen molar-refractivity contribution in [2.75, 3.05) is 7.11 Å². The van der Waals surface area contributed by atoms with Gasteiger partial charge in [0.15, 0.2) is 0 Å². The molecule has 2 rings (SSSR count). The van der Waals surface area contributed by atoms with Crippen LogP contribution in [-0.4, -0.2) is 7.11 Å². The predicted octanol–water partition coefficient (Wildman–Crippen LogP) is 4.43. The summed E-state index contributed by atoms with van der Waals surface area (Å²) in [5.41, 5.74) is 3.71. The number of methoxy groups -OCH3 is 1. The summed E-state index contributed by atoms with van der Waals surface area (Å²) in [5.74, 6) is 0.886. The molecule has 0 aromatic heterocycles. The molecular weight excluding hydrogens is 264 g/mol. The first kappa shape index (κ1) is 11.2. The molecule has 0 amide bonds. The first-order valence-corrected chi connectivity index (χ1v) is 5.91. The number of ether oxygens (including phenoxy) is 1. The van der Waals surface area contributed by atoms with Crippen molar-refractivity contribution in [1.82, 2.24) is 0 Å². The minimum atomic E-state index is 0.886. The number of rotatable bonds is 2. The molecule has 0 aliphatic rings. The fourth-order valence-corrected chi connectivity index (χ4v) is 2.06. The zero-order valence-corrected chi connectivity index (χ0v) is 10.9. The first-order chi connectivity index (χ1) is 7.72. The minimum absolute atomic E-state index is 0.886. The van der Waals surface area contributed by atoms with Gasteiger partial charge < -0.3 is 4.74 Å². The highest BCUT2D eigenvalue weighted by Crippen LogP contribution is 2.29. The van der Waals surface area contributed by atoms with Crippen LogP contribution in [0.4, 0.5) is 0 Å². The van der Waals surface area contributed by atoms with E-state index in [-0.39, 0.29) is 0 Å². The monoisotopic (exact) mass is 276 g/mol. The molecule has 0 unspecified atom stereocenters. The minimum Gasteiger partial charge on any atom is -0.497 e. The van der Waals surface area contributed by atoms with Gasteiger partial charge in [-0.15, -0.1) is 0 Å². The van der Waals surface area contributed by atoms with Crippen LogP contribution in [0, 0.1) is 6.92 Å². The van der Waals surface area contributed by atoms with Gasteiger partial charge >= 0.3 is 0 Å². The summed E-state index contributed by atoms with van der Waals surface area (Å²) in [5, 5.41) is 0. The average Bonchev–Trinajstić information content (AvgIpc) is 2.33. The molecule has 0 heterocycles. The van der Waals surface area contributed by atoms with Gasteiger partial charge in [0.2, 0.25) is 0 Å². The molecule has 0 radical (unpaired) electrons. The number of benzene rings is 2. The molecular formula is C14H13BrO. The van der Waals surface area contributed by atoms with Gasteiger partial charge in [0.25, 0.3) is 0 Å². The predicted molar refractivity (Wildman–Crippen MR) is 70.9 cm³/mol. The van der Waals surface area contributed by atoms with Crippen LogP contribution in [0.2, 0.25) is 0 Å². The Morgan fingerprint density at radius 3 is 2.31 bits per heavy atom. The molecule has 1 nitrogen and oxygen atoms in total. The lowest BCUT2D eigenvalue weighted by Crippen LogP contribution is -1.86. The maximum atomic E-state index is 5.15. The summed E-state index contributed by atoms with van der Waals surface area (Å²) in [4.78, 5) is 0. The van der Waals surface area contributed by atoms with Crippen molar-refractivity contribution in [3.8, 4) is 16.9 Å². The van der Waals surface area contributed by atoms with Crippen LogP contribution in [0.5, 0.6) is 5.75 Å². The summed E-state index contributed by atoms with van der Waals surface area (Å²) in [6.07, 6.45) is 0. The van der Waals surface area contributed by atoms with Crippen molar-refractivity contribution < 1.29 is 4.74 Å². The topological polar surface area (TPSA) is 9.23 Å². The summed E-state index contributed by atoms with van der Waals surface area (Å²) >= 11 is 3.55. The zero-order valence-electron chi connectivity index (χ0n) is 9.33. The third-order valence-electron chi connectivity index (χ3n) is 2.67. The molecule has 0 aliphatic carbocycles. The number of hydrogen-bond acceptors (Lipinski definition) is 1.